The molecular weight excluding hydrogens is 399 g/mol. The summed E-state index contributed by atoms with van der Waals surface area (Å²) >= 11 is 2.73. The fraction of sp³-hybridized carbons (Fsp3) is 0.400. The first kappa shape index (κ1) is 20.6. The van der Waals surface area contributed by atoms with Crippen molar-refractivity contribution in [3.05, 3.63) is 30.1 Å². The highest BCUT2D eigenvalue weighted by atomic mass is 32.2. The molecule has 0 saturated carbocycles. The second kappa shape index (κ2) is 8.78. The van der Waals surface area contributed by atoms with Crippen molar-refractivity contribution in [3.63, 3.8) is 0 Å². The Kier molecular flexibility index (Phi) is 6.95. The van der Waals surface area contributed by atoms with Gasteiger partial charge in [0.2, 0.25) is 21.1 Å². The zero-order valence-electron chi connectivity index (χ0n) is 14.5. The van der Waals surface area contributed by atoms with E-state index in [1.807, 2.05) is 6.92 Å². The average Bonchev–Trinajstić information content (AvgIpc) is 3.01. The second-order valence-corrected chi connectivity index (χ2v) is 9.58. The van der Waals surface area contributed by atoms with Gasteiger partial charge >= 0.3 is 0 Å². The summed E-state index contributed by atoms with van der Waals surface area (Å²) in [6, 6.07) is 4.23. The standard InChI is InChI=1S/C15H19FN4O3S3/c1-4-9-24-15-19-18-14(25-15)17-13(21)10(2)20(26(3,22)23)12-8-6-5-7-11(12)16/h5-8,10H,4,9H2,1-3H3,(H,17,18,21)/t10-/m0/s1. The number of nitrogens with one attached hydrogen (secondary N) is 1. The number of rotatable bonds is 8. The highest BCUT2D eigenvalue weighted by molar-refractivity contribution is 8.01. The first-order valence-electron chi connectivity index (χ1n) is 7.75. The molecule has 0 aliphatic carbocycles. The van der Waals surface area contributed by atoms with E-state index in [1.54, 1.807) is 0 Å². The van der Waals surface area contributed by atoms with Crippen LogP contribution < -0.4 is 9.62 Å². The summed E-state index contributed by atoms with van der Waals surface area (Å²) in [6.45, 7) is 3.43. The van der Waals surface area contributed by atoms with Crippen LogP contribution in [0.15, 0.2) is 28.6 Å². The molecule has 0 unspecified atom stereocenters. The monoisotopic (exact) mass is 418 g/mol. The molecule has 7 nitrogen and oxygen atoms in total. The van der Waals surface area contributed by atoms with E-state index in [-0.39, 0.29) is 10.8 Å². The van der Waals surface area contributed by atoms with Crippen molar-refractivity contribution in [2.45, 2.75) is 30.6 Å². The van der Waals surface area contributed by atoms with Gasteiger partial charge in [-0.2, -0.15) is 0 Å². The lowest BCUT2D eigenvalue weighted by atomic mass is 10.2. The molecule has 0 bridgehead atoms. The van der Waals surface area contributed by atoms with E-state index in [9.17, 15) is 17.6 Å². The van der Waals surface area contributed by atoms with Crippen LogP contribution in [0.2, 0.25) is 0 Å². The van der Waals surface area contributed by atoms with Gasteiger partial charge in [0.1, 0.15) is 11.9 Å². The van der Waals surface area contributed by atoms with Crippen molar-refractivity contribution in [1.29, 1.82) is 0 Å². The Hall–Kier alpha value is -1.72. The fourth-order valence-electron chi connectivity index (χ4n) is 2.13. The number of aromatic nitrogens is 2. The number of anilines is 2. The van der Waals surface area contributed by atoms with Crippen LogP contribution in [0.3, 0.4) is 0 Å². The molecule has 1 aromatic carbocycles. The van der Waals surface area contributed by atoms with Crippen molar-refractivity contribution in [1.82, 2.24) is 10.2 Å². The maximum atomic E-state index is 14.1. The number of amides is 1. The van der Waals surface area contributed by atoms with Crippen molar-refractivity contribution in [2.24, 2.45) is 0 Å². The zero-order chi connectivity index (χ0) is 19.3. The smallest absolute Gasteiger partial charge is 0.249 e. The summed E-state index contributed by atoms with van der Waals surface area (Å²) in [5.41, 5.74) is -0.186. The molecule has 26 heavy (non-hydrogen) atoms. The van der Waals surface area contributed by atoms with Crippen LogP contribution in [0.1, 0.15) is 20.3 Å². The molecule has 1 aromatic heterocycles. The molecule has 0 saturated heterocycles. The van der Waals surface area contributed by atoms with Gasteiger partial charge in [0.05, 0.1) is 11.9 Å². The molecular formula is C15H19FN4O3S3. The summed E-state index contributed by atoms with van der Waals surface area (Å²) in [4.78, 5) is 12.5. The van der Waals surface area contributed by atoms with E-state index in [1.165, 1.54) is 48.2 Å². The summed E-state index contributed by atoms with van der Waals surface area (Å²) in [5, 5.41) is 10.6. The molecule has 1 heterocycles. The highest BCUT2D eigenvalue weighted by Gasteiger charge is 2.31. The quantitative estimate of drug-likeness (QED) is 0.523. The molecule has 0 aliphatic rings. The predicted octanol–water partition coefficient (Wildman–Crippen LogP) is 2.97. The molecule has 1 N–H and O–H groups in total. The molecule has 0 fully saturated rings. The highest BCUT2D eigenvalue weighted by Crippen LogP contribution is 2.27. The van der Waals surface area contributed by atoms with Crippen LogP contribution in [-0.4, -0.2) is 42.6 Å². The number of nitrogens with zero attached hydrogens (tertiary/aromatic N) is 3. The molecule has 2 aromatic rings. The van der Waals surface area contributed by atoms with E-state index in [0.717, 1.165) is 28.8 Å². The Morgan fingerprint density at radius 1 is 1.38 bits per heavy atom. The van der Waals surface area contributed by atoms with Crippen LogP contribution in [-0.2, 0) is 14.8 Å². The van der Waals surface area contributed by atoms with Crippen molar-refractivity contribution < 1.29 is 17.6 Å². The van der Waals surface area contributed by atoms with E-state index in [0.29, 0.717) is 4.34 Å². The van der Waals surface area contributed by atoms with Crippen LogP contribution >= 0.6 is 23.1 Å². The minimum absolute atomic E-state index is 0.186. The summed E-state index contributed by atoms with van der Waals surface area (Å²) in [5.74, 6) is -0.470. The van der Waals surface area contributed by atoms with Crippen LogP contribution in [0.5, 0.6) is 0 Å². The van der Waals surface area contributed by atoms with Gasteiger partial charge in [0.25, 0.3) is 0 Å². The van der Waals surface area contributed by atoms with Crippen molar-refractivity contribution in [2.75, 3.05) is 21.6 Å². The number of hydrogen-bond donors (Lipinski definition) is 1. The number of para-hydroxylation sites is 1. The Bertz CT molecular complexity index is 873. The number of carbonyl (C=O) groups excluding carboxylic acids is 1. The second-order valence-electron chi connectivity index (χ2n) is 5.40. The molecule has 142 valence electrons. The molecule has 1 amide bonds. The van der Waals surface area contributed by atoms with E-state index in [4.69, 9.17) is 0 Å². The minimum Gasteiger partial charge on any atom is -0.299 e. The van der Waals surface area contributed by atoms with Gasteiger partial charge in [-0.1, -0.05) is 42.2 Å². The van der Waals surface area contributed by atoms with E-state index >= 15 is 0 Å². The van der Waals surface area contributed by atoms with Gasteiger partial charge < -0.3 is 0 Å². The normalized spacial score (nSPS) is 12.6. The minimum atomic E-state index is -3.89. The van der Waals surface area contributed by atoms with Crippen molar-refractivity contribution >= 4 is 49.8 Å². The van der Waals surface area contributed by atoms with Gasteiger partial charge in [0.15, 0.2) is 4.34 Å². The lowest BCUT2D eigenvalue weighted by Gasteiger charge is -2.28. The van der Waals surface area contributed by atoms with Gasteiger partial charge in [-0.25, -0.2) is 12.8 Å². The zero-order valence-corrected chi connectivity index (χ0v) is 16.9. The van der Waals surface area contributed by atoms with E-state index < -0.39 is 27.8 Å². The lowest BCUT2D eigenvalue weighted by Crippen LogP contribution is -2.45. The maximum absolute atomic E-state index is 14.1. The first-order chi connectivity index (χ1) is 12.2. The molecule has 0 radical (unpaired) electrons. The Morgan fingerprint density at radius 2 is 2.08 bits per heavy atom. The number of carbonyl (C=O) groups is 1. The third kappa shape index (κ3) is 5.15. The molecule has 0 aliphatic heterocycles. The average molecular weight is 419 g/mol. The molecule has 11 heteroatoms. The topological polar surface area (TPSA) is 92.3 Å². The van der Waals surface area contributed by atoms with Gasteiger partial charge in [-0.3, -0.25) is 14.4 Å². The van der Waals surface area contributed by atoms with Gasteiger partial charge in [0, 0.05) is 5.75 Å². The van der Waals surface area contributed by atoms with Gasteiger partial charge in [-0.05, 0) is 25.5 Å². The van der Waals surface area contributed by atoms with Gasteiger partial charge in [-0.15, -0.1) is 10.2 Å². The number of halogens is 1. The third-order valence-corrected chi connectivity index (χ3v) is 6.65. The van der Waals surface area contributed by atoms with E-state index in [2.05, 4.69) is 15.5 Å². The predicted molar refractivity (Wildman–Crippen MR) is 103 cm³/mol. The summed E-state index contributed by atoms with van der Waals surface area (Å²) < 4.78 is 39.9. The SMILES string of the molecule is CCCSc1nnc(NC(=O)[C@H](C)N(c2ccccc2F)S(C)(=O)=O)s1. The van der Waals surface area contributed by atoms with Crippen LogP contribution in [0.4, 0.5) is 15.2 Å². The Balaban J connectivity index is 2.20. The summed E-state index contributed by atoms with van der Waals surface area (Å²) in [6.07, 6.45) is 1.91. The Morgan fingerprint density at radius 3 is 2.69 bits per heavy atom. The third-order valence-electron chi connectivity index (χ3n) is 3.24. The Labute approximate surface area is 160 Å². The fourth-order valence-corrected chi connectivity index (χ4v) is 4.98. The number of hydrogen-bond acceptors (Lipinski definition) is 7. The van der Waals surface area contributed by atoms with Crippen molar-refractivity contribution in [3.8, 4) is 0 Å². The number of benzene rings is 1. The molecule has 0 spiro atoms. The first-order valence-corrected chi connectivity index (χ1v) is 11.4. The maximum Gasteiger partial charge on any atom is 0.249 e. The largest absolute Gasteiger partial charge is 0.299 e. The van der Waals surface area contributed by atoms with Crippen LogP contribution in [0.25, 0.3) is 0 Å². The summed E-state index contributed by atoms with van der Waals surface area (Å²) in [7, 11) is -3.89. The number of thioether (sulfide) groups is 1. The van der Waals surface area contributed by atoms with Crippen LogP contribution in [0, 0.1) is 5.82 Å². The number of sulfonamides is 1. The lowest BCUT2D eigenvalue weighted by molar-refractivity contribution is -0.116. The molecule has 2 rings (SSSR count). The molecule has 1 atom stereocenters.